The Bertz CT molecular complexity index is 197. The molecule has 0 fully saturated rings. The van der Waals surface area contributed by atoms with Crippen molar-refractivity contribution in [2.45, 2.75) is 5.25 Å². The molecule has 0 amide bonds. The van der Waals surface area contributed by atoms with Gasteiger partial charge >= 0.3 is 0 Å². The van der Waals surface area contributed by atoms with Crippen LogP contribution in [-0.4, -0.2) is 17.8 Å². The Morgan fingerprint density at radius 1 is 1.73 bits per heavy atom. The van der Waals surface area contributed by atoms with E-state index in [4.69, 9.17) is 5.73 Å². The quantitative estimate of drug-likeness (QED) is 0.742. The van der Waals surface area contributed by atoms with Crippen molar-refractivity contribution in [1.82, 2.24) is 4.98 Å². The van der Waals surface area contributed by atoms with E-state index in [0.29, 0.717) is 11.8 Å². The number of rotatable bonds is 3. The Kier molecular flexibility index (Phi) is 3.39. The average Bonchev–Trinajstić information content (AvgIpc) is 2.09. The van der Waals surface area contributed by atoms with Gasteiger partial charge in [0.2, 0.25) is 0 Å². The van der Waals surface area contributed by atoms with E-state index in [9.17, 15) is 0 Å². The van der Waals surface area contributed by atoms with E-state index in [2.05, 4.69) is 17.3 Å². The summed E-state index contributed by atoms with van der Waals surface area (Å²) in [4.78, 5) is 4.03. The Labute approximate surface area is 71.2 Å². The van der Waals surface area contributed by atoms with Gasteiger partial charge in [0.05, 0.1) is 0 Å². The largest absolute Gasteiger partial charge is 0.329 e. The third-order valence-corrected chi connectivity index (χ3v) is 2.59. The summed E-state index contributed by atoms with van der Waals surface area (Å²) in [7, 11) is 0. The zero-order valence-corrected chi connectivity index (χ0v) is 7.34. The first-order chi connectivity index (χ1) is 5.38. The summed E-state index contributed by atoms with van der Waals surface area (Å²) in [6.45, 7) is 0.673. The number of thioether (sulfide) groups is 1. The number of nitrogens with two attached hydrogens (primary N) is 1. The van der Waals surface area contributed by atoms with Crippen LogP contribution in [0.4, 0.5) is 0 Å². The molecule has 11 heavy (non-hydrogen) atoms. The monoisotopic (exact) mass is 168 g/mol. The molecule has 1 rings (SSSR count). The number of hydrogen-bond acceptors (Lipinski definition) is 3. The molecule has 0 aliphatic rings. The lowest BCUT2D eigenvalue weighted by Crippen LogP contribution is -2.08. The molecule has 0 radical (unpaired) electrons. The van der Waals surface area contributed by atoms with Crippen LogP contribution in [0.25, 0.3) is 0 Å². The van der Waals surface area contributed by atoms with Crippen LogP contribution in [0.1, 0.15) is 10.8 Å². The molecular weight excluding hydrogens is 156 g/mol. The second-order valence-corrected chi connectivity index (χ2v) is 3.29. The first-order valence-electron chi connectivity index (χ1n) is 3.51. The normalized spacial score (nSPS) is 12.9. The minimum Gasteiger partial charge on any atom is -0.329 e. The predicted molar refractivity (Wildman–Crippen MR) is 49.5 cm³/mol. The summed E-state index contributed by atoms with van der Waals surface area (Å²) in [6.07, 6.45) is 5.70. The third kappa shape index (κ3) is 2.20. The van der Waals surface area contributed by atoms with Gasteiger partial charge in [-0.1, -0.05) is 6.07 Å². The van der Waals surface area contributed by atoms with Crippen molar-refractivity contribution in [2.24, 2.45) is 5.73 Å². The first kappa shape index (κ1) is 8.56. The third-order valence-electron chi connectivity index (χ3n) is 1.55. The van der Waals surface area contributed by atoms with E-state index in [1.54, 1.807) is 18.0 Å². The molecule has 1 aromatic rings. The van der Waals surface area contributed by atoms with E-state index in [1.807, 2.05) is 12.3 Å². The van der Waals surface area contributed by atoms with Crippen LogP contribution < -0.4 is 5.73 Å². The number of nitrogens with zero attached hydrogens (tertiary/aromatic N) is 1. The van der Waals surface area contributed by atoms with Crippen LogP contribution in [0.2, 0.25) is 0 Å². The lowest BCUT2D eigenvalue weighted by Gasteiger charge is -2.10. The highest BCUT2D eigenvalue weighted by molar-refractivity contribution is 7.98. The minimum atomic E-state index is 0.392. The van der Waals surface area contributed by atoms with Gasteiger partial charge in [0.15, 0.2) is 0 Å². The first-order valence-corrected chi connectivity index (χ1v) is 4.80. The molecule has 0 aliphatic carbocycles. The van der Waals surface area contributed by atoms with Gasteiger partial charge in [0.25, 0.3) is 0 Å². The fraction of sp³-hybridized carbons (Fsp3) is 0.375. The molecule has 1 unspecified atom stereocenters. The van der Waals surface area contributed by atoms with Crippen LogP contribution in [-0.2, 0) is 0 Å². The molecule has 0 bridgehead atoms. The highest BCUT2D eigenvalue weighted by atomic mass is 32.2. The highest BCUT2D eigenvalue weighted by Crippen LogP contribution is 2.23. The smallest absolute Gasteiger partial charge is 0.0432 e. The van der Waals surface area contributed by atoms with Gasteiger partial charge in [-0.05, 0) is 17.9 Å². The van der Waals surface area contributed by atoms with E-state index < -0.39 is 0 Å². The molecular formula is C8H12N2S. The molecule has 2 N–H and O–H groups in total. The average molecular weight is 168 g/mol. The van der Waals surface area contributed by atoms with Gasteiger partial charge in [0.1, 0.15) is 0 Å². The molecule has 3 heteroatoms. The molecule has 0 saturated heterocycles. The molecule has 1 atom stereocenters. The lowest BCUT2D eigenvalue weighted by atomic mass is 10.2. The second-order valence-electron chi connectivity index (χ2n) is 2.25. The number of hydrogen-bond donors (Lipinski definition) is 1. The molecule has 1 heterocycles. The number of pyridine rings is 1. The standard InChI is InChI=1S/C8H12N2S/c1-11-8(5-9)7-3-2-4-10-6-7/h2-4,6,8H,5,9H2,1H3. The van der Waals surface area contributed by atoms with Gasteiger partial charge in [-0.3, -0.25) is 4.98 Å². The Balaban J connectivity index is 2.74. The lowest BCUT2D eigenvalue weighted by molar-refractivity contribution is 0.935. The van der Waals surface area contributed by atoms with E-state index >= 15 is 0 Å². The van der Waals surface area contributed by atoms with Crippen LogP contribution in [0.3, 0.4) is 0 Å². The minimum absolute atomic E-state index is 0.392. The van der Waals surface area contributed by atoms with Crippen LogP contribution in [0.5, 0.6) is 0 Å². The Hall–Kier alpha value is -0.540. The van der Waals surface area contributed by atoms with Crippen LogP contribution in [0.15, 0.2) is 24.5 Å². The summed E-state index contributed by atoms with van der Waals surface area (Å²) in [6, 6.07) is 4.00. The van der Waals surface area contributed by atoms with Gasteiger partial charge in [0, 0.05) is 24.2 Å². The van der Waals surface area contributed by atoms with Gasteiger partial charge in [-0.2, -0.15) is 11.8 Å². The van der Waals surface area contributed by atoms with Crippen molar-refractivity contribution in [2.75, 3.05) is 12.8 Å². The van der Waals surface area contributed by atoms with Crippen LogP contribution in [0, 0.1) is 0 Å². The predicted octanol–water partition coefficient (Wildman–Crippen LogP) is 1.44. The van der Waals surface area contributed by atoms with Crippen molar-refractivity contribution in [3.63, 3.8) is 0 Å². The summed E-state index contributed by atoms with van der Waals surface area (Å²) in [5.41, 5.74) is 6.78. The Morgan fingerprint density at radius 3 is 3.00 bits per heavy atom. The van der Waals surface area contributed by atoms with Crippen molar-refractivity contribution in [1.29, 1.82) is 0 Å². The molecule has 0 saturated carbocycles. The molecule has 1 aromatic heterocycles. The zero-order chi connectivity index (χ0) is 8.10. The van der Waals surface area contributed by atoms with E-state index in [0.717, 1.165) is 0 Å². The number of aromatic nitrogens is 1. The SMILES string of the molecule is CSC(CN)c1cccnc1. The van der Waals surface area contributed by atoms with Gasteiger partial charge in [-0.25, -0.2) is 0 Å². The van der Waals surface area contributed by atoms with Crippen LogP contribution >= 0.6 is 11.8 Å². The molecule has 0 aromatic carbocycles. The van der Waals surface area contributed by atoms with Gasteiger partial charge < -0.3 is 5.73 Å². The van der Waals surface area contributed by atoms with E-state index in [-0.39, 0.29) is 0 Å². The van der Waals surface area contributed by atoms with Crippen molar-refractivity contribution < 1.29 is 0 Å². The summed E-state index contributed by atoms with van der Waals surface area (Å²) in [5.74, 6) is 0. The highest BCUT2D eigenvalue weighted by Gasteiger charge is 2.05. The van der Waals surface area contributed by atoms with Crippen molar-refractivity contribution in [3.8, 4) is 0 Å². The molecule has 60 valence electrons. The summed E-state index contributed by atoms with van der Waals surface area (Å²) in [5, 5.41) is 0.392. The maximum absolute atomic E-state index is 5.57. The molecule has 2 nitrogen and oxygen atoms in total. The fourth-order valence-corrected chi connectivity index (χ4v) is 1.54. The summed E-state index contributed by atoms with van der Waals surface area (Å²) >= 11 is 1.76. The Morgan fingerprint density at radius 2 is 2.55 bits per heavy atom. The summed E-state index contributed by atoms with van der Waals surface area (Å²) < 4.78 is 0. The maximum Gasteiger partial charge on any atom is 0.0432 e. The maximum atomic E-state index is 5.57. The van der Waals surface area contributed by atoms with Gasteiger partial charge in [-0.15, -0.1) is 0 Å². The second kappa shape index (κ2) is 4.36. The van der Waals surface area contributed by atoms with Crippen molar-refractivity contribution >= 4 is 11.8 Å². The van der Waals surface area contributed by atoms with Crippen molar-refractivity contribution in [3.05, 3.63) is 30.1 Å². The molecule has 0 spiro atoms. The topological polar surface area (TPSA) is 38.9 Å². The zero-order valence-electron chi connectivity index (χ0n) is 6.53. The van der Waals surface area contributed by atoms with E-state index in [1.165, 1.54) is 5.56 Å². The fourth-order valence-electron chi connectivity index (χ4n) is 0.935. The molecule has 0 aliphatic heterocycles.